The summed E-state index contributed by atoms with van der Waals surface area (Å²) >= 11 is 0. The van der Waals surface area contributed by atoms with E-state index in [1.54, 1.807) is 13.1 Å². The van der Waals surface area contributed by atoms with Gasteiger partial charge < -0.3 is 14.4 Å². The van der Waals surface area contributed by atoms with Gasteiger partial charge in [0.15, 0.2) is 5.89 Å². The van der Waals surface area contributed by atoms with Crippen LogP contribution in [-0.2, 0) is 12.8 Å². The van der Waals surface area contributed by atoms with Gasteiger partial charge in [-0.1, -0.05) is 6.92 Å². The Hall–Kier alpha value is -0.870. The zero-order valence-corrected chi connectivity index (χ0v) is 11.4. The van der Waals surface area contributed by atoms with Gasteiger partial charge in [-0.15, -0.1) is 0 Å². The minimum Gasteiger partial charge on any atom is -0.446 e. The van der Waals surface area contributed by atoms with Gasteiger partial charge in [-0.2, -0.15) is 0 Å². The first kappa shape index (κ1) is 13.6. The first-order valence-corrected chi connectivity index (χ1v) is 7.01. The quantitative estimate of drug-likeness (QED) is 0.869. The van der Waals surface area contributed by atoms with E-state index in [2.05, 4.69) is 16.8 Å². The zero-order valence-electron chi connectivity index (χ0n) is 11.4. The van der Waals surface area contributed by atoms with Gasteiger partial charge in [-0.3, -0.25) is 0 Å². The lowest BCUT2D eigenvalue weighted by Gasteiger charge is -2.31. The fourth-order valence-corrected chi connectivity index (χ4v) is 2.68. The Morgan fingerprint density at radius 1 is 1.61 bits per heavy atom. The van der Waals surface area contributed by atoms with Crippen LogP contribution >= 0.6 is 0 Å². The smallest absolute Gasteiger partial charge is 0.194 e. The maximum atomic E-state index is 9.31. The number of piperidine rings is 1. The van der Waals surface area contributed by atoms with E-state index in [4.69, 9.17) is 4.42 Å². The highest BCUT2D eigenvalue weighted by molar-refractivity contribution is 4.97. The van der Waals surface area contributed by atoms with Crippen LogP contribution in [0.2, 0.25) is 0 Å². The summed E-state index contributed by atoms with van der Waals surface area (Å²) in [7, 11) is 0. The second kappa shape index (κ2) is 6.34. The van der Waals surface area contributed by atoms with E-state index in [1.807, 2.05) is 0 Å². The molecule has 102 valence electrons. The lowest BCUT2D eigenvalue weighted by molar-refractivity contribution is 0.173. The predicted molar refractivity (Wildman–Crippen MR) is 70.4 cm³/mol. The molecular formula is C14H24N2O2. The molecule has 2 rings (SSSR count). The van der Waals surface area contributed by atoms with Gasteiger partial charge in [-0.05, 0) is 38.8 Å². The maximum Gasteiger partial charge on any atom is 0.194 e. The topological polar surface area (TPSA) is 49.5 Å². The van der Waals surface area contributed by atoms with E-state index in [0.717, 1.165) is 31.2 Å². The third-order valence-corrected chi connectivity index (χ3v) is 3.61. The average molecular weight is 252 g/mol. The van der Waals surface area contributed by atoms with E-state index < -0.39 is 0 Å². The molecule has 0 aromatic carbocycles. The molecule has 0 radical (unpaired) electrons. The zero-order chi connectivity index (χ0) is 13.0. The van der Waals surface area contributed by atoms with Crippen molar-refractivity contribution in [2.24, 2.45) is 5.92 Å². The number of aliphatic hydroxyl groups is 1. The maximum absolute atomic E-state index is 9.31. The van der Waals surface area contributed by atoms with Crippen LogP contribution < -0.4 is 0 Å². The molecule has 0 aliphatic carbocycles. The summed E-state index contributed by atoms with van der Waals surface area (Å²) in [5.74, 6) is 2.29. The fourth-order valence-electron chi connectivity index (χ4n) is 2.68. The number of nitrogens with zero attached hydrogens (tertiary/aromatic N) is 2. The molecule has 1 aliphatic rings. The van der Waals surface area contributed by atoms with Crippen molar-refractivity contribution in [3.8, 4) is 0 Å². The predicted octanol–water partition coefficient (Wildman–Crippen LogP) is 1.87. The molecule has 1 saturated heterocycles. The van der Waals surface area contributed by atoms with E-state index in [9.17, 15) is 5.11 Å². The Morgan fingerprint density at radius 2 is 2.44 bits per heavy atom. The van der Waals surface area contributed by atoms with Crippen molar-refractivity contribution < 1.29 is 9.52 Å². The molecule has 0 spiro atoms. The third-order valence-electron chi connectivity index (χ3n) is 3.61. The first-order chi connectivity index (χ1) is 8.67. The van der Waals surface area contributed by atoms with Crippen LogP contribution in [0.1, 0.15) is 38.3 Å². The summed E-state index contributed by atoms with van der Waals surface area (Å²) in [6, 6.07) is 0. The van der Waals surface area contributed by atoms with Crippen molar-refractivity contribution in [3.63, 3.8) is 0 Å². The number of hydrogen-bond acceptors (Lipinski definition) is 4. The van der Waals surface area contributed by atoms with Crippen LogP contribution in [0.5, 0.6) is 0 Å². The molecule has 2 heterocycles. The number of rotatable bonds is 5. The normalized spacial score (nSPS) is 23.2. The summed E-state index contributed by atoms with van der Waals surface area (Å²) in [6.45, 7) is 7.50. The SMILES string of the molecule is CCN1CCCC(Cc2ncc(CC(C)O)o2)C1. The van der Waals surface area contributed by atoms with Crippen LogP contribution in [0.15, 0.2) is 10.6 Å². The second-order valence-corrected chi connectivity index (χ2v) is 5.38. The van der Waals surface area contributed by atoms with Crippen LogP contribution in [0, 0.1) is 5.92 Å². The highest BCUT2D eigenvalue weighted by atomic mass is 16.4. The molecule has 18 heavy (non-hydrogen) atoms. The lowest BCUT2D eigenvalue weighted by Crippen LogP contribution is -2.35. The Bertz CT molecular complexity index is 362. The van der Waals surface area contributed by atoms with Crippen LogP contribution in [0.25, 0.3) is 0 Å². The average Bonchev–Trinajstić information content (AvgIpc) is 2.76. The summed E-state index contributed by atoms with van der Waals surface area (Å²) in [6.07, 6.45) is 5.41. The van der Waals surface area contributed by atoms with Crippen LogP contribution in [-0.4, -0.2) is 40.7 Å². The Kier molecular flexibility index (Phi) is 4.78. The van der Waals surface area contributed by atoms with Gasteiger partial charge in [0, 0.05) is 19.4 Å². The first-order valence-electron chi connectivity index (χ1n) is 7.01. The van der Waals surface area contributed by atoms with Crippen molar-refractivity contribution in [2.75, 3.05) is 19.6 Å². The highest BCUT2D eigenvalue weighted by Gasteiger charge is 2.20. The van der Waals surface area contributed by atoms with Crippen molar-refractivity contribution in [1.29, 1.82) is 0 Å². The lowest BCUT2D eigenvalue weighted by atomic mass is 9.95. The molecule has 1 N–H and O–H groups in total. The molecule has 4 nitrogen and oxygen atoms in total. The van der Waals surface area contributed by atoms with E-state index in [-0.39, 0.29) is 6.10 Å². The molecule has 1 aromatic heterocycles. The number of hydrogen-bond donors (Lipinski definition) is 1. The van der Waals surface area contributed by atoms with Crippen LogP contribution in [0.4, 0.5) is 0 Å². The fraction of sp³-hybridized carbons (Fsp3) is 0.786. The molecule has 2 unspecified atom stereocenters. The van der Waals surface area contributed by atoms with Gasteiger partial charge in [0.1, 0.15) is 5.76 Å². The molecular weight excluding hydrogens is 228 g/mol. The number of likely N-dealkylation sites (tertiary alicyclic amines) is 1. The largest absolute Gasteiger partial charge is 0.446 e. The van der Waals surface area contributed by atoms with Crippen molar-refractivity contribution in [2.45, 2.75) is 45.6 Å². The molecule has 4 heteroatoms. The van der Waals surface area contributed by atoms with E-state index in [0.29, 0.717) is 12.3 Å². The standard InChI is InChI=1S/C14H24N2O2/c1-3-16-6-4-5-12(10-16)8-14-15-9-13(18-14)7-11(2)17/h9,11-12,17H,3-8,10H2,1-2H3. The number of aromatic nitrogens is 1. The molecule has 0 bridgehead atoms. The minimum absolute atomic E-state index is 0.365. The number of aliphatic hydroxyl groups excluding tert-OH is 1. The monoisotopic (exact) mass is 252 g/mol. The van der Waals surface area contributed by atoms with Gasteiger partial charge in [0.05, 0.1) is 12.3 Å². The van der Waals surface area contributed by atoms with Gasteiger partial charge in [-0.25, -0.2) is 4.98 Å². The minimum atomic E-state index is -0.365. The summed E-state index contributed by atoms with van der Waals surface area (Å²) in [4.78, 5) is 6.81. The summed E-state index contributed by atoms with van der Waals surface area (Å²) in [5, 5.41) is 9.31. The molecule has 1 aliphatic heterocycles. The van der Waals surface area contributed by atoms with E-state index in [1.165, 1.54) is 19.4 Å². The Morgan fingerprint density at radius 3 is 3.17 bits per heavy atom. The van der Waals surface area contributed by atoms with Gasteiger partial charge >= 0.3 is 0 Å². The van der Waals surface area contributed by atoms with Crippen molar-refractivity contribution >= 4 is 0 Å². The molecule has 0 amide bonds. The van der Waals surface area contributed by atoms with Gasteiger partial charge in [0.25, 0.3) is 0 Å². The molecule has 0 saturated carbocycles. The van der Waals surface area contributed by atoms with E-state index >= 15 is 0 Å². The summed E-state index contributed by atoms with van der Waals surface area (Å²) in [5.41, 5.74) is 0. The highest BCUT2D eigenvalue weighted by Crippen LogP contribution is 2.20. The summed E-state index contributed by atoms with van der Waals surface area (Å²) < 4.78 is 5.68. The Balaban J connectivity index is 1.86. The number of oxazole rings is 1. The van der Waals surface area contributed by atoms with Crippen LogP contribution in [0.3, 0.4) is 0 Å². The Labute approximate surface area is 109 Å². The van der Waals surface area contributed by atoms with Gasteiger partial charge in [0.2, 0.25) is 0 Å². The molecule has 2 atom stereocenters. The van der Waals surface area contributed by atoms with Crippen molar-refractivity contribution in [1.82, 2.24) is 9.88 Å². The third kappa shape index (κ3) is 3.82. The molecule has 1 fully saturated rings. The molecule has 1 aromatic rings. The second-order valence-electron chi connectivity index (χ2n) is 5.38. The van der Waals surface area contributed by atoms with Crippen molar-refractivity contribution in [3.05, 3.63) is 17.8 Å².